The summed E-state index contributed by atoms with van der Waals surface area (Å²) >= 11 is 0. The number of hydrogen-bond donors (Lipinski definition) is 3. The summed E-state index contributed by atoms with van der Waals surface area (Å²) in [5.41, 5.74) is 1.09. The van der Waals surface area contributed by atoms with E-state index >= 15 is 0 Å². The van der Waals surface area contributed by atoms with E-state index in [1.165, 1.54) is 39.0 Å². The van der Waals surface area contributed by atoms with Crippen LogP contribution in [-0.4, -0.2) is 48.6 Å². The standard InChI is InChI=1S/C18H24N4O/c23-18-17-2-1-15(9-14(17)4-7-20-18)21-16-5-8-22(12-16)11-13-3-6-19-10-13/h1-2,4,7,9,13,16,19,21H,3,5-6,8,10-12H2,(H,20,23). The molecule has 2 aromatic rings. The summed E-state index contributed by atoms with van der Waals surface area (Å²) in [4.78, 5) is 17.1. The average molecular weight is 312 g/mol. The Bertz CT molecular complexity index is 735. The Kier molecular flexibility index (Phi) is 4.06. The van der Waals surface area contributed by atoms with E-state index in [1.807, 2.05) is 18.2 Å². The predicted molar refractivity (Wildman–Crippen MR) is 94.0 cm³/mol. The summed E-state index contributed by atoms with van der Waals surface area (Å²) in [6.45, 7) is 5.87. The lowest BCUT2D eigenvalue weighted by Gasteiger charge is -2.20. The van der Waals surface area contributed by atoms with Crippen molar-refractivity contribution in [1.82, 2.24) is 15.2 Å². The molecule has 3 N–H and O–H groups in total. The molecular weight excluding hydrogens is 288 g/mol. The van der Waals surface area contributed by atoms with Gasteiger partial charge in [-0.3, -0.25) is 4.79 Å². The lowest BCUT2D eigenvalue weighted by atomic mass is 10.1. The van der Waals surface area contributed by atoms with Crippen LogP contribution in [0.5, 0.6) is 0 Å². The van der Waals surface area contributed by atoms with Gasteiger partial charge >= 0.3 is 0 Å². The van der Waals surface area contributed by atoms with Crippen LogP contribution in [-0.2, 0) is 0 Å². The van der Waals surface area contributed by atoms with Crippen molar-refractivity contribution in [2.45, 2.75) is 18.9 Å². The molecule has 0 radical (unpaired) electrons. The maximum Gasteiger partial charge on any atom is 0.255 e. The fraction of sp³-hybridized carbons (Fsp3) is 0.500. The first-order valence-electron chi connectivity index (χ1n) is 8.59. The van der Waals surface area contributed by atoms with Gasteiger partial charge in [-0.15, -0.1) is 0 Å². The zero-order valence-electron chi connectivity index (χ0n) is 13.3. The van der Waals surface area contributed by atoms with Crippen molar-refractivity contribution in [2.75, 3.05) is 38.0 Å². The molecule has 0 saturated carbocycles. The molecule has 0 amide bonds. The molecule has 2 atom stereocenters. The fourth-order valence-corrected chi connectivity index (χ4v) is 3.87. The molecular formula is C18H24N4O. The van der Waals surface area contributed by atoms with Crippen molar-refractivity contribution in [3.8, 4) is 0 Å². The van der Waals surface area contributed by atoms with Gasteiger partial charge < -0.3 is 20.5 Å². The Hall–Kier alpha value is -1.85. The molecule has 23 heavy (non-hydrogen) atoms. The number of anilines is 1. The number of fused-ring (bicyclic) bond motifs is 1. The molecule has 2 aliphatic heterocycles. The van der Waals surface area contributed by atoms with Crippen LogP contribution in [0.15, 0.2) is 35.3 Å². The minimum Gasteiger partial charge on any atom is -0.381 e. The SMILES string of the molecule is O=c1[nH]ccc2cc(NC3CCN(CC4CCNC4)C3)ccc12. The van der Waals surface area contributed by atoms with Gasteiger partial charge in [0.15, 0.2) is 0 Å². The second kappa shape index (κ2) is 6.34. The average Bonchev–Trinajstić information content (AvgIpc) is 3.20. The van der Waals surface area contributed by atoms with Crippen molar-refractivity contribution < 1.29 is 0 Å². The lowest BCUT2D eigenvalue weighted by Crippen LogP contribution is -2.31. The van der Waals surface area contributed by atoms with Crippen LogP contribution in [0.3, 0.4) is 0 Å². The maximum absolute atomic E-state index is 11.8. The van der Waals surface area contributed by atoms with Crippen molar-refractivity contribution in [1.29, 1.82) is 0 Å². The molecule has 0 aliphatic carbocycles. The number of likely N-dealkylation sites (tertiary alicyclic amines) is 1. The summed E-state index contributed by atoms with van der Waals surface area (Å²) in [5.74, 6) is 0.821. The van der Waals surface area contributed by atoms with Crippen molar-refractivity contribution >= 4 is 16.5 Å². The summed E-state index contributed by atoms with van der Waals surface area (Å²) in [5, 5.41) is 8.83. The molecule has 2 saturated heterocycles. The minimum absolute atomic E-state index is 0.0220. The lowest BCUT2D eigenvalue weighted by molar-refractivity contribution is 0.286. The molecule has 4 rings (SSSR count). The quantitative estimate of drug-likeness (QED) is 0.803. The number of aromatic amines is 1. The minimum atomic E-state index is -0.0220. The van der Waals surface area contributed by atoms with Crippen LogP contribution in [0.4, 0.5) is 5.69 Å². The van der Waals surface area contributed by atoms with Gasteiger partial charge in [-0.1, -0.05) is 0 Å². The normalized spacial score (nSPS) is 25.2. The number of hydrogen-bond acceptors (Lipinski definition) is 4. The molecule has 0 bridgehead atoms. The second-order valence-corrected chi connectivity index (χ2v) is 6.86. The Morgan fingerprint density at radius 2 is 2.22 bits per heavy atom. The smallest absolute Gasteiger partial charge is 0.255 e. The molecule has 1 aromatic heterocycles. The molecule has 2 aliphatic rings. The molecule has 1 aromatic carbocycles. The summed E-state index contributed by atoms with van der Waals surface area (Å²) < 4.78 is 0. The predicted octanol–water partition coefficient (Wildman–Crippen LogP) is 1.62. The van der Waals surface area contributed by atoms with Crippen LogP contribution in [0.2, 0.25) is 0 Å². The van der Waals surface area contributed by atoms with Gasteiger partial charge in [0.05, 0.1) is 0 Å². The molecule has 5 heteroatoms. The summed E-state index contributed by atoms with van der Waals surface area (Å²) in [7, 11) is 0. The van der Waals surface area contributed by atoms with Crippen LogP contribution in [0, 0.1) is 5.92 Å². The largest absolute Gasteiger partial charge is 0.381 e. The molecule has 122 valence electrons. The summed E-state index contributed by atoms with van der Waals surface area (Å²) in [6.07, 6.45) is 4.21. The molecule has 2 unspecified atom stereocenters. The first kappa shape index (κ1) is 14.7. The molecule has 2 fully saturated rings. The van der Waals surface area contributed by atoms with Crippen LogP contribution in [0.25, 0.3) is 10.8 Å². The Morgan fingerprint density at radius 1 is 1.26 bits per heavy atom. The summed E-state index contributed by atoms with van der Waals surface area (Å²) in [6, 6.07) is 8.46. The highest BCUT2D eigenvalue weighted by atomic mass is 16.1. The third-order valence-corrected chi connectivity index (χ3v) is 5.10. The molecule has 5 nitrogen and oxygen atoms in total. The first-order chi connectivity index (χ1) is 11.3. The number of nitrogens with zero attached hydrogens (tertiary/aromatic N) is 1. The highest BCUT2D eigenvalue weighted by molar-refractivity contribution is 5.84. The van der Waals surface area contributed by atoms with E-state index in [0.717, 1.165) is 28.9 Å². The van der Waals surface area contributed by atoms with Crippen molar-refractivity contribution in [2.24, 2.45) is 5.92 Å². The van der Waals surface area contributed by atoms with Gasteiger partial charge in [-0.05, 0) is 61.5 Å². The van der Waals surface area contributed by atoms with Gasteiger partial charge in [0, 0.05) is 42.9 Å². The van der Waals surface area contributed by atoms with Crippen LogP contribution < -0.4 is 16.2 Å². The number of pyridine rings is 1. The monoisotopic (exact) mass is 312 g/mol. The van der Waals surface area contributed by atoms with E-state index in [1.54, 1.807) is 6.20 Å². The molecule has 0 spiro atoms. The van der Waals surface area contributed by atoms with Crippen LogP contribution >= 0.6 is 0 Å². The second-order valence-electron chi connectivity index (χ2n) is 6.86. The van der Waals surface area contributed by atoms with Crippen molar-refractivity contribution in [3.63, 3.8) is 0 Å². The van der Waals surface area contributed by atoms with Crippen LogP contribution in [0.1, 0.15) is 12.8 Å². The number of nitrogens with one attached hydrogen (secondary N) is 3. The van der Waals surface area contributed by atoms with E-state index in [0.29, 0.717) is 6.04 Å². The Balaban J connectivity index is 1.39. The Morgan fingerprint density at radius 3 is 3.09 bits per heavy atom. The number of rotatable bonds is 4. The van der Waals surface area contributed by atoms with Gasteiger partial charge in [-0.2, -0.15) is 0 Å². The highest BCUT2D eigenvalue weighted by Gasteiger charge is 2.25. The zero-order chi connectivity index (χ0) is 15.6. The van der Waals surface area contributed by atoms with Gasteiger partial charge in [0.25, 0.3) is 5.56 Å². The van der Waals surface area contributed by atoms with E-state index in [-0.39, 0.29) is 5.56 Å². The fourth-order valence-electron chi connectivity index (χ4n) is 3.87. The third-order valence-electron chi connectivity index (χ3n) is 5.10. The van der Waals surface area contributed by atoms with E-state index in [4.69, 9.17) is 0 Å². The maximum atomic E-state index is 11.8. The number of aromatic nitrogens is 1. The highest BCUT2D eigenvalue weighted by Crippen LogP contribution is 2.21. The van der Waals surface area contributed by atoms with E-state index in [2.05, 4.69) is 26.6 Å². The van der Waals surface area contributed by atoms with Gasteiger partial charge in [0.1, 0.15) is 0 Å². The third kappa shape index (κ3) is 3.26. The topological polar surface area (TPSA) is 60.2 Å². The number of H-pyrrole nitrogens is 1. The first-order valence-corrected chi connectivity index (χ1v) is 8.59. The van der Waals surface area contributed by atoms with Crippen molar-refractivity contribution in [3.05, 3.63) is 40.8 Å². The zero-order valence-corrected chi connectivity index (χ0v) is 13.3. The van der Waals surface area contributed by atoms with E-state index < -0.39 is 0 Å². The van der Waals surface area contributed by atoms with Gasteiger partial charge in [0.2, 0.25) is 0 Å². The Labute approximate surface area is 136 Å². The van der Waals surface area contributed by atoms with E-state index in [9.17, 15) is 4.79 Å². The number of benzene rings is 1. The van der Waals surface area contributed by atoms with Gasteiger partial charge in [-0.25, -0.2) is 0 Å². The molecule has 3 heterocycles.